The molecule has 0 aromatic heterocycles. The van der Waals surface area contributed by atoms with Crippen molar-refractivity contribution in [3.8, 4) is 0 Å². The highest BCUT2D eigenvalue weighted by Crippen LogP contribution is 2.24. The molecule has 0 aliphatic carbocycles. The van der Waals surface area contributed by atoms with Crippen molar-refractivity contribution in [2.75, 3.05) is 31.6 Å². The van der Waals surface area contributed by atoms with Crippen LogP contribution in [0.25, 0.3) is 0 Å². The second-order valence-electron chi connectivity index (χ2n) is 4.80. The molecule has 0 aromatic carbocycles. The Morgan fingerprint density at radius 1 is 1.54 bits per heavy atom. The zero-order valence-electron chi connectivity index (χ0n) is 9.05. The van der Waals surface area contributed by atoms with E-state index in [9.17, 15) is 0 Å². The van der Waals surface area contributed by atoms with Gasteiger partial charge in [0.1, 0.15) is 0 Å². The van der Waals surface area contributed by atoms with Crippen LogP contribution in [0.15, 0.2) is 0 Å². The highest BCUT2D eigenvalue weighted by atomic mass is 32.2. The van der Waals surface area contributed by atoms with E-state index in [4.69, 9.17) is 5.73 Å². The van der Waals surface area contributed by atoms with Gasteiger partial charge in [0.15, 0.2) is 0 Å². The third kappa shape index (κ3) is 3.49. The minimum Gasteiger partial charge on any atom is -0.330 e. The molecule has 2 N–H and O–H groups in total. The van der Waals surface area contributed by atoms with Crippen LogP contribution in [0, 0.1) is 5.41 Å². The van der Waals surface area contributed by atoms with E-state index in [2.05, 4.69) is 37.6 Å². The summed E-state index contributed by atoms with van der Waals surface area (Å²) in [6, 6.07) is 0.788. The Balaban J connectivity index is 2.35. The number of hydrogen-bond acceptors (Lipinski definition) is 3. The highest BCUT2D eigenvalue weighted by molar-refractivity contribution is 7.99. The summed E-state index contributed by atoms with van der Waals surface area (Å²) in [5, 5.41) is 0. The summed E-state index contributed by atoms with van der Waals surface area (Å²) in [4.78, 5) is 2.48. The predicted octanol–water partition coefficient (Wildman–Crippen LogP) is 1.41. The zero-order valence-corrected chi connectivity index (χ0v) is 9.86. The van der Waals surface area contributed by atoms with Gasteiger partial charge < -0.3 is 10.6 Å². The summed E-state index contributed by atoms with van der Waals surface area (Å²) >= 11 is 2.07. The van der Waals surface area contributed by atoms with Crippen LogP contribution in [0.4, 0.5) is 0 Å². The summed E-state index contributed by atoms with van der Waals surface area (Å²) in [5.41, 5.74) is 5.99. The van der Waals surface area contributed by atoms with E-state index in [0.717, 1.165) is 19.1 Å². The molecule has 2 nitrogen and oxygen atoms in total. The average Bonchev–Trinajstić information content (AvgIpc) is 2.55. The summed E-state index contributed by atoms with van der Waals surface area (Å²) in [6.07, 6.45) is 1.35. The number of nitrogens with two attached hydrogens (primary N) is 1. The van der Waals surface area contributed by atoms with Gasteiger partial charge in [0.25, 0.3) is 0 Å². The molecule has 1 fully saturated rings. The van der Waals surface area contributed by atoms with Gasteiger partial charge >= 0.3 is 0 Å². The van der Waals surface area contributed by atoms with Crippen molar-refractivity contribution in [1.29, 1.82) is 0 Å². The lowest BCUT2D eigenvalue weighted by atomic mass is 9.92. The fourth-order valence-corrected chi connectivity index (χ4v) is 3.04. The van der Waals surface area contributed by atoms with Gasteiger partial charge in [-0.15, -0.1) is 0 Å². The van der Waals surface area contributed by atoms with Gasteiger partial charge in [-0.1, -0.05) is 13.8 Å². The highest BCUT2D eigenvalue weighted by Gasteiger charge is 2.25. The lowest BCUT2D eigenvalue weighted by Crippen LogP contribution is -2.41. The fraction of sp³-hybridized carbons (Fsp3) is 1.00. The Bertz CT molecular complexity index is 153. The Labute approximate surface area is 86.2 Å². The molecule has 13 heavy (non-hydrogen) atoms. The molecule has 1 unspecified atom stereocenters. The van der Waals surface area contributed by atoms with Crippen molar-refractivity contribution < 1.29 is 0 Å². The van der Waals surface area contributed by atoms with Gasteiger partial charge in [0.2, 0.25) is 0 Å². The number of rotatable bonds is 4. The van der Waals surface area contributed by atoms with Crippen LogP contribution in [-0.4, -0.2) is 42.6 Å². The van der Waals surface area contributed by atoms with Crippen molar-refractivity contribution >= 4 is 11.8 Å². The van der Waals surface area contributed by atoms with E-state index in [1.165, 1.54) is 17.9 Å². The molecule has 0 saturated carbocycles. The number of thioether (sulfide) groups is 1. The van der Waals surface area contributed by atoms with Crippen LogP contribution in [-0.2, 0) is 0 Å². The molecule has 1 saturated heterocycles. The van der Waals surface area contributed by atoms with Crippen LogP contribution in [0.3, 0.4) is 0 Å². The van der Waals surface area contributed by atoms with Crippen LogP contribution in [0.2, 0.25) is 0 Å². The van der Waals surface area contributed by atoms with Gasteiger partial charge in [0.05, 0.1) is 0 Å². The minimum atomic E-state index is 0.266. The van der Waals surface area contributed by atoms with E-state index in [-0.39, 0.29) is 5.41 Å². The molecule has 0 spiro atoms. The third-order valence-corrected chi connectivity index (χ3v) is 3.90. The minimum absolute atomic E-state index is 0.266. The first-order valence-electron chi connectivity index (χ1n) is 5.03. The van der Waals surface area contributed by atoms with Gasteiger partial charge in [-0.2, -0.15) is 11.8 Å². The molecule has 1 aliphatic heterocycles. The van der Waals surface area contributed by atoms with Crippen LogP contribution >= 0.6 is 11.8 Å². The maximum Gasteiger partial charge on any atom is 0.0191 e. The summed E-state index contributed by atoms with van der Waals surface area (Å²) < 4.78 is 0. The van der Waals surface area contributed by atoms with E-state index in [1.54, 1.807) is 0 Å². The molecule has 1 rings (SSSR count). The smallest absolute Gasteiger partial charge is 0.0191 e. The lowest BCUT2D eigenvalue weighted by Gasteiger charge is -2.32. The van der Waals surface area contributed by atoms with E-state index < -0.39 is 0 Å². The molecular weight excluding hydrogens is 180 g/mol. The van der Waals surface area contributed by atoms with Crippen molar-refractivity contribution in [2.45, 2.75) is 26.3 Å². The predicted molar refractivity (Wildman–Crippen MR) is 61.2 cm³/mol. The average molecular weight is 202 g/mol. The first-order valence-corrected chi connectivity index (χ1v) is 6.19. The van der Waals surface area contributed by atoms with Gasteiger partial charge in [-0.05, 0) is 31.2 Å². The molecular formula is C10H22N2S. The number of hydrogen-bond donors (Lipinski definition) is 1. The molecule has 0 amide bonds. The summed E-state index contributed by atoms with van der Waals surface area (Å²) in [7, 11) is 2.23. The maximum absolute atomic E-state index is 5.72. The van der Waals surface area contributed by atoms with Gasteiger partial charge in [-0.25, -0.2) is 0 Å². The van der Waals surface area contributed by atoms with E-state index >= 15 is 0 Å². The van der Waals surface area contributed by atoms with Gasteiger partial charge in [0, 0.05) is 18.3 Å². The van der Waals surface area contributed by atoms with Crippen molar-refractivity contribution in [2.24, 2.45) is 11.1 Å². The largest absolute Gasteiger partial charge is 0.330 e. The Morgan fingerprint density at radius 2 is 2.23 bits per heavy atom. The SMILES string of the molecule is CN(CC(C)(C)CN)C1CCSC1. The molecule has 3 heteroatoms. The molecule has 1 atom stereocenters. The second kappa shape index (κ2) is 4.67. The lowest BCUT2D eigenvalue weighted by molar-refractivity contribution is 0.176. The normalized spacial score (nSPS) is 24.2. The molecule has 1 aliphatic rings. The summed E-state index contributed by atoms with van der Waals surface area (Å²) in [5.74, 6) is 2.63. The standard InChI is InChI=1S/C10H22N2S/c1-10(2,7-11)8-12(3)9-4-5-13-6-9/h9H,4-8,11H2,1-3H3. The number of nitrogens with zero attached hydrogens (tertiary/aromatic N) is 1. The summed E-state index contributed by atoms with van der Waals surface area (Å²) in [6.45, 7) is 6.38. The van der Waals surface area contributed by atoms with Crippen molar-refractivity contribution in [1.82, 2.24) is 4.90 Å². The van der Waals surface area contributed by atoms with Crippen LogP contribution in [0.1, 0.15) is 20.3 Å². The van der Waals surface area contributed by atoms with Crippen LogP contribution in [0.5, 0.6) is 0 Å². The quantitative estimate of drug-likeness (QED) is 0.747. The zero-order chi connectivity index (χ0) is 9.90. The molecule has 0 radical (unpaired) electrons. The Kier molecular flexibility index (Phi) is 4.07. The monoisotopic (exact) mass is 202 g/mol. The maximum atomic E-state index is 5.72. The molecule has 1 heterocycles. The van der Waals surface area contributed by atoms with Crippen LogP contribution < -0.4 is 5.73 Å². The van der Waals surface area contributed by atoms with E-state index in [0.29, 0.717) is 0 Å². The third-order valence-electron chi connectivity index (χ3n) is 2.76. The van der Waals surface area contributed by atoms with Crippen molar-refractivity contribution in [3.63, 3.8) is 0 Å². The van der Waals surface area contributed by atoms with Crippen molar-refractivity contribution in [3.05, 3.63) is 0 Å². The first-order chi connectivity index (χ1) is 6.05. The molecule has 0 bridgehead atoms. The first kappa shape index (κ1) is 11.3. The fourth-order valence-electron chi connectivity index (χ4n) is 1.74. The second-order valence-corrected chi connectivity index (χ2v) is 5.95. The van der Waals surface area contributed by atoms with Gasteiger partial charge in [-0.3, -0.25) is 0 Å². The topological polar surface area (TPSA) is 29.3 Å². The Morgan fingerprint density at radius 3 is 2.69 bits per heavy atom. The Hall–Kier alpha value is 0.270. The molecule has 78 valence electrons. The van der Waals surface area contributed by atoms with E-state index in [1.807, 2.05) is 0 Å². The molecule has 0 aromatic rings.